The molecular weight excluding hydrogens is 306 g/mol. The van der Waals surface area contributed by atoms with Crippen LogP contribution < -0.4 is 5.32 Å². The monoisotopic (exact) mass is 331 g/mol. The molecule has 0 aromatic carbocycles. The number of hydrogen-bond donors (Lipinski definition) is 1. The highest BCUT2D eigenvalue weighted by Crippen LogP contribution is 2.39. The molecule has 0 spiro atoms. The lowest BCUT2D eigenvalue weighted by molar-refractivity contribution is -0.130. The van der Waals surface area contributed by atoms with Gasteiger partial charge in [-0.1, -0.05) is 0 Å². The van der Waals surface area contributed by atoms with Crippen LogP contribution in [-0.2, 0) is 4.79 Å². The summed E-state index contributed by atoms with van der Waals surface area (Å²) in [5.41, 5.74) is 0.729. The molecule has 1 aliphatic carbocycles. The van der Waals surface area contributed by atoms with Crippen LogP contribution in [0.15, 0.2) is 12.4 Å². The summed E-state index contributed by atoms with van der Waals surface area (Å²) in [7, 11) is 1.82. The van der Waals surface area contributed by atoms with Crippen LogP contribution >= 0.6 is 0 Å². The second-order valence-electron chi connectivity index (χ2n) is 7.45. The first-order valence-corrected chi connectivity index (χ1v) is 8.91. The number of amides is 3. The van der Waals surface area contributed by atoms with Crippen molar-refractivity contribution in [3.63, 3.8) is 0 Å². The average molecular weight is 331 g/mol. The molecule has 0 radical (unpaired) electrons. The van der Waals surface area contributed by atoms with Gasteiger partial charge in [-0.2, -0.15) is 5.10 Å². The molecule has 2 aliphatic heterocycles. The molecule has 3 atom stereocenters. The number of carbonyl (C=O) groups is 2. The van der Waals surface area contributed by atoms with Crippen LogP contribution in [0.2, 0.25) is 0 Å². The Morgan fingerprint density at radius 2 is 2.17 bits per heavy atom. The Balaban J connectivity index is 1.43. The molecule has 3 heterocycles. The molecule has 1 unspecified atom stereocenters. The Kier molecular flexibility index (Phi) is 3.73. The van der Waals surface area contributed by atoms with Gasteiger partial charge in [-0.15, -0.1) is 0 Å². The second-order valence-corrected chi connectivity index (χ2v) is 7.45. The van der Waals surface area contributed by atoms with E-state index in [0.717, 1.165) is 24.4 Å². The van der Waals surface area contributed by atoms with E-state index in [4.69, 9.17) is 0 Å². The Bertz CT molecular complexity index is 653. The van der Waals surface area contributed by atoms with Crippen molar-refractivity contribution in [3.05, 3.63) is 12.4 Å². The third-order valence-corrected chi connectivity index (χ3v) is 5.77. The lowest BCUT2D eigenvalue weighted by Gasteiger charge is -2.35. The minimum atomic E-state index is -0.119. The second kappa shape index (κ2) is 5.79. The van der Waals surface area contributed by atoms with Crippen molar-refractivity contribution < 1.29 is 9.59 Å². The number of likely N-dealkylation sites (N-methyl/N-ethyl adjacent to an activating group) is 1. The van der Waals surface area contributed by atoms with Gasteiger partial charge in [-0.3, -0.25) is 9.48 Å². The average Bonchev–Trinajstić information content (AvgIpc) is 3.26. The van der Waals surface area contributed by atoms with E-state index in [9.17, 15) is 9.59 Å². The molecule has 1 saturated carbocycles. The highest BCUT2D eigenvalue weighted by atomic mass is 16.2. The number of anilines is 1. The van der Waals surface area contributed by atoms with Crippen molar-refractivity contribution in [2.45, 2.75) is 44.7 Å². The maximum absolute atomic E-state index is 12.7. The zero-order chi connectivity index (χ0) is 16.8. The maximum atomic E-state index is 12.7. The third kappa shape index (κ3) is 2.65. The first kappa shape index (κ1) is 15.5. The van der Waals surface area contributed by atoms with Crippen LogP contribution in [-0.4, -0.2) is 57.7 Å². The number of rotatable bonds is 3. The molecule has 4 rings (SSSR count). The summed E-state index contributed by atoms with van der Waals surface area (Å²) in [6.45, 7) is 3.51. The highest BCUT2D eigenvalue weighted by molar-refractivity contribution is 5.91. The van der Waals surface area contributed by atoms with E-state index >= 15 is 0 Å². The molecule has 3 aliphatic rings. The van der Waals surface area contributed by atoms with Crippen LogP contribution in [0, 0.1) is 11.8 Å². The van der Waals surface area contributed by atoms with E-state index in [1.807, 2.05) is 22.8 Å². The normalized spacial score (nSPS) is 28.0. The van der Waals surface area contributed by atoms with Crippen LogP contribution in [0.3, 0.4) is 0 Å². The number of aromatic nitrogens is 2. The van der Waals surface area contributed by atoms with Gasteiger partial charge in [0.15, 0.2) is 0 Å². The summed E-state index contributed by atoms with van der Waals surface area (Å²) in [6, 6.07) is 0.263. The Hall–Kier alpha value is -2.05. The zero-order valence-corrected chi connectivity index (χ0v) is 14.3. The van der Waals surface area contributed by atoms with Gasteiger partial charge in [-0.25, -0.2) is 4.79 Å². The molecule has 3 amide bonds. The first-order chi connectivity index (χ1) is 11.5. The smallest absolute Gasteiger partial charge is 0.322 e. The van der Waals surface area contributed by atoms with Gasteiger partial charge >= 0.3 is 6.03 Å². The predicted molar refractivity (Wildman–Crippen MR) is 89.5 cm³/mol. The fourth-order valence-corrected chi connectivity index (χ4v) is 4.09. The van der Waals surface area contributed by atoms with Crippen LogP contribution in [0.4, 0.5) is 10.5 Å². The van der Waals surface area contributed by atoms with Crippen molar-refractivity contribution in [2.75, 3.05) is 25.5 Å². The Morgan fingerprint density at radius 3 is 2.92 bits per heavy atom. The SMILES string of the molecule is CC(C1CC1)n1cc(NC(=O)N2CCC[C@H]3C(=O)N(C)C[C@H]32)cn1. The van der Waals surface area contributed by atoms with E-state index in [1.165, 1.54) is 12.8 Å². The summed E-state index contributed by atoms with van der Waals surface area (Å²) in [5, 5.41) is 7.35. The van der Waals surface area contributed by atoms with Crippen molar-refractivity contribution in [1.29, 1.82) is 0 Å². The number of urea groups is 1. The topological polar surface area (TPSA) is 70.5 Å². The number of piperidine rings is 1. The van der Waals surface area contributed by atoms with E-state index in [-0.39, 0.29) is 23.9 Å². The van der Waals surface area contributed by atoms with Gasteiger partial charge in [0.1, 0.15) is 0 Å². The number of carbonyl (C=O) groups excluding carboxylic acids is 2. The number of hydrogen-bond acceptors (Lipinski definition) is 3. The van der Waals surface area contributed by atoms with Gasteiger partial charge in [0.25, 0.3) is 0 Å². The fourth-order valence-electron chi connectivity index (χ4n) is 4.09. The minimum Gasteiger partial charge on any atom is -0.343 e. The van der Waals surface area contributed by atoms with E-state index in [1.54, 1.807) is 11.1 Å². The summed E-state index contributed by atoms with van der Waals surface area (Å²) in [6.07, 6.45) is 7.92. The molecule has 24 heavy (non-hydrogen) atoms. The predicted octanol–water partition coefficient (Wildman–Crippen LogP) is 1.94. The minimum absolute atomic E-state index is 0.00307. The maximum Gasteiger partial charge on any atom is 0.322 e. The molecule has 0 bridgehead atoms. The van der Waals surface area contributed by atoms with Gasteiger partial charge in [-0.05, 0) is 38.5 Å². The van der Waals surface area contributed by atoms with E-state index in [2.05, 4.69) is 17.3 Å². The van der Waals surface area contributed by atoms with Gasteiger partial charge in [0, 0.05) is 26.3 Å². The molecule has 1 aromatic rings. The summed E-state index contributed by atoms with van der Waals surface area (Å²) in [5.74, 6) is 0.854. The lowest BCUT2D eigenvalue weighted by atomic mass is 9.92. The van der Waals surface area contributed by atoms with Crippen LogP contribution in [0.25, 0.3) is 0 Å². The van der Waals surface area contributed by atoms with Gasteiger partial charge in [0.05, 0.1) is 29.9 Å². The molecular formula is C17H25N5O2. The van der Waals surface area contributed by atoms with Crippen molar-refractivity contribution >= 4 is 17.6 Å². The Labute approximate surface area is 142 Å². The van der Waals surface area contributed by atoms with Gasteiger partial charge in [0.2, 0.25) is 5.91 Å². The molecule has 7 heteroatoms. The standard InChI is InChI=1S/C17H25N5O2/c1-11(12-5-6-12)22-9-13(8-18-22)19-17(24)21-7-3-4-14-15(21)10-20(2)16(14)23/h8-9,11-12,14-15H,3-7,10H2,1-2H3,(H,19,24)/t11?,14-,15-/m1/s1. The molecule has 1 aromatic heterocycles. The molecule has 7 nitrogen and oxygen atoms in total. The first-order valence-electron chi connectivity index (χ1n) is 8.91. The molecule has 130 valence electrons. The zero-order valence-electron chi connectivity index (χ0n) is 14.3. The van der Waals surface area contributed by atoms with Crippen molar-refractivity contribution in [1.82, 2.24) is 19.6 Å². The summed E-state index contributed by atoms with van der Waals surface area (Å²) in [4.78, 5) is 28.4. The molecule has 2 saturated heterocycles. The summed E-state index contributed by atoms with van der Waals surface area (Å²) < 4.78 is 1.94. The number of fused-ring (bicyclic) bond motifs is 1. The molecule has 1 N–H and O–H groups in total. The lowest BCUT2D eigenvalue weighted by Crippen LogP contribution is -2.50. The van der Waals surface area contributed by atoms with E-state index < -0.39 is 0 Å². The van der Waals surface area contributed by atoms with Gasteiger partial charge < -0.3 is 15.1 Å². The van der Waals surface area contributed by atoms with Crippen molar-refractivity contribution in [2.24, 2.45) is 11.8 Å². The number of nitrogens with zero attached hydrogens (tertiary/aromatic N) is 4. The summed E-state index contributed by atoms with van der Waals surface area (Å²) >= 11 is 0. The van der Waals surface area contributed by atoms with Crippen LogP contribution in [0.1, 0.15) is 38.6 Å². The highest BCUT2D eigenvalue weighted by Gasteiger charge is 2.45. The van der Waals surface area contributed by atoms with E-state index in [0.29, 0.717) is 19.1 Å². The fraction of sp³-hybridized carbons (Fsp3) is 0.706. The van der Waals surface area contributed by atoms with Crippen LogP contribution in [0.5, 0.6) is 0 Å². The number of likely N-dealkylation sites (tertiary alicyclic amines) is 2. The molecule has 3 fully saturated rings. The number of nitrogens with one attached hydrogen (secondary N) is 1. The Morgan fingerprint density at radius 1 is 1.38 bits per heavy atom. The largest absolute Gasteiger partial charge is 0.343 e. The quantitative estimate of drug-likeness (QED) is 0.920. The van der Waals surface area contributed by atoms with Crippen molar-refractivity contribution in [3.8, 4) is 0 Å². The third-order valence-electron chi connectivity index (χ3n) is 5.77.